The number of aliphatic carboxylic acids is 2. The lowest BCUT2D eigenvalue weighted by Crippen LogP contribution is -2.34. The third kappa shape index (κ3) is 6.24. The van der Waals surface area contributed by atoms with Gasteiger partial charge in [-0.15, -0.1) is 10.2 Å². The number of piperidine rings is 1. The maximum absolute atomic E-state index is 10.6. The van der Waals surface area contributed by atoms with Crippen LogP contribution in [0.1, 0.15) is 19.3 Å². The van der Waals surface area contributed by atoms with Crippen LogP contribution in [0.15, 0.2) is 5.51 Å². The van der Waals surface area contributed by atoms with Crippen molar-refractivity contribution in [2.24, 2.45) is 5.92 Å². The number of carboxylic acid groups (broad SMARTS) is 2. The van der Waals surface area contributed by atoms with Crippen molar-refractivity contribution >= 4 is 28.4 Å². The molecule has 22 heavy (non-hydrogen) atoms. The standard InChI is InChI=1S/C9H13N3O2S.C2HF3O2/c13-8(14)5-7-1-3-12(4-2-7)9-11-10-6-15-9;3-2(4,5)1(6)7/h6-7H,1-5H2,(H,13,14);(H,6,7). The molecule has 2 rings (SSSR count). The summed E-state index contributed by atoms with van der Waals surface area (Å²) in [7, 11) is 0. The fourth-order valence-electron chi connectivity index (χ4n) is 1.88. The van der Waals surface area contributed by atoms with E-state index >= 15 is 0 Å². The summed E-state index contributed by atoms with van der Waals surface area (Å²) in [5.41, 5.74) is 1.72. The average Bonchev–Trinajstić information content (AvgIpc) is 2.92. The summed E-state index contributed by atoms with van der Waals surface area (Å²) in [4.78, 5) is 21.6. The molecule has 2 heterocycles. The zero-order valence-corrected chi connectivity index (χ0v) is 12.1. The number of carboxylic acids is 2. The van der Waals surface area contributed by atoms with Gasteiger partial charge in [0.05, 0.1) is 0 Å². The van der Waals surface area contributed by atoms with Gasteiger partial charge in [-0.25, -0.2) is 4.79 Å². The highest BCUT2D eigenvalue weighted by Crippen LogP contribution is 2.25. The minimum atomic E-state index is -5.08. The fourth-order valence-corrected chi connectivity index (χ4v) is 2.49. The molecule has 1 aromatic rings. The molecule has 0 radical (unpaired) electrons. The van der Waals surface area contributed by atoms with Crippen molar-refractivity contribution < 1.29 is 33.0 Å². The summed E-state index contributed by atoms with van der Waals surface area (Å²) < 4.78 is 31.7. The Labute approximate surface area is 127 Å². The Morgan fingerprint density at radius 2 is 1.86 bits per heavy atom. The van der Waals surface area contributed by atoms with Crippen LogP contribution < -0.4 is 4.90 Å². The van der Waals surface area contributed by atoms with Gasteiger partial charge in [0, 0.05) is 19.5 Å². The van der Waals surface area contributed by atoms with Crippen LogP contribution in [0.4, 0.5) is 18.3 Å². The van der Waals surface area contributed by atoms with Crippen molar-refractivity contribution in [3.63, 3.8) is 0 Å². The lowest BCUT2D eigenvalue weighted by atomic mass is 9.94. The molecule has 11 heteroatoms. The maximum atomic E-state index is 10.6. The highest BCUT2D eigenvalue weighted by atomic mass is 32.1. The van der Waals surface area contributed by atoms with Gasteiger partial charge in [-0.05, 0) is 18.8 Å². The molecule has 1 aromatic heterocycles. The lowest BCUT2D eigenvalue weighted by Gasteiger charge is -2.30. The van der Waals surface area contributed by atoms with Gasteiger partial charge in [0.2, 0.25) is 5.13 Å². The second kappa shape index (κ2) is 7.92. The Kier molecular flexibility index (Phi) is 6.53. The molecule has 1 aliphatic rings. The van der Waals surface area contributed by atoms with Crippen molar-refractivity contribution in [1.29, 1.82) is 0 Å². The summed E-state index contributed by atoms with van der Waals surface area (Å²) in [6.07, 6.45) is -2.91. The zero-order chi connectivity index (χ0) is 16.8. The maximum Gasteiger partial charge on any atom is 0.490 e. The van der Waals surface area contributed by atoms with E-state index in [9.17, 15) is 18.0 Å². The van der Waals surface area contributed by atoms with Gasteiger partial charge in [-0.3, -0.25) is 4.79 Å². The molecular weight excluding hydrogens is 327 g/mol. The highest BCUT2D eigenvalue weighted by molar-refractivity contribution is 7.13. The number of anilines is 1. The first-order valence-electron chi connectivity index (χ1n) is 6.23. The number of hydrogen-bond acceptors (Lipinski definition) is 6. The summed E-state index contributed by atoms with van der Waals surface area (Å²) in [6.45, 7) is 1.79. The van der Waals surface area contributed by atoms with Crippen molar-refractivity contribution in [3.05, 3.63) is 5.51 Å². The average molecular weight is 341 g/mol. The molecule has 0 atom stereocenters. The van der Waals surface area contributed by atoms with Gasteiger partial charge in [0.1, 0.15) is 5.51 Å². The largest absolute Gasteiger partial charge is 0.490 e. The van der Waals surface area contributed by atoms with E-state index in [0.29, 0.717) is 12.3 Å². The fraction of sp³-hybridized carbons (Fsp3) is 0.636. The Morgan fingerprint density at radius 1 is 1.32 bits per heavy atom. The molecule has 0 spiro atoms. The molecule has 1 aliphatic heterocycles. The third-order valence-corrected chi connectivity index (χ3v) is 3.69. The van der Waals surface area contributed by atoms with E-state index in [4.69, 9.17) is 15.0 Å². The predicted molar refractivity (Wildman–Crippen MR) is 70.8 cm³/mol. The SMILES string of the molecule is O=C(O)C(F)(F)F.O=C(O)CC1CCN(c2nncs2)CC1. The predicted octanol–water partition coefficient (Wildman–Crippen LogP) is 1.86. The number of hydrogen-bond donors (Lipinski definition) is 2. The Morgan fingerprint density at radius 3 is 2.23 bits per heavy atom. The van der Waals surface area contributed by atoms with E-state index in [0.717, 1.165) is 31.1 Å². The van der Waals surface area contributed by atoms with Crippen molar-refractivity contribution in [2.75, 3.05) is 18.0 Å². The van der Waals surface area contributed by atoms with Crippen LogP contribution in [-0.4, -0.2) is 51.6 Å². The van der Waals surface area contributed by atoms with Crippen LogP contribution in [0, 0.1) is 5.92 Å². The van der Waals surface area contributed by atoms with Gasteiger partial charge in [0.15, 0.2) is 0 Å². The van der Waals surface area contributed by atoms with Gasteiger partial charge in [-0.2, -0.15) is 13.2 Å². The van der Waals surface area contributed by atoms with Crippen LogP contribution in [0.3, 0.4) is 0 Å². The first-order valence-corrected chi connectivity index (χ1v) is 7.11. The normalized spacial score (nSPS) is 15.9. The molecule has 1 fully saturated rings. The van der Waals surface area contributed by atoms with E-state index in [-0.39, 0.29) is 0 Å². The molecule has 0 aromatic carbocycles. The molecule has 0 aliphatic carbocycles. The van der Waals surface area contributed by atoms with Crippen LogP contribution in [0.5, 0.6) is 0 Å². The number of aromatic nitrogens is 2. The Hall–Kier alpha value is -1.91. The van der Waals surface area contributed by atoms with Gasteiger partial charge < -0.3 is 15.1 Å². The smallest absolute Gasteiger partial charge is 0.481 e. The van der Waals surface area contributed by atoms with Gasteiger partial charge in [-0.1, -0.05) is 11.3 Å². The van der Waals surface area contributed by atoms with E-state index < -0.39 is 18.1 Å². The highest BCUT2D eigenvalue weighted by Gasteiger charge is 2.38. The molecule has 1 saturated heterocycles. The second-order valence-electron chi connectivity index (χ2n) is 4.55. The molecular formula is C11H14F3N3O4S. The van der Waals surface area contributed by atoms with Gasteiger partial charge >= 0.3 is 18.1 Å². The van der Waals surface area contributed by atoms with Crippen molar-refractivity contribution in [2.45, 2.75) is 25.4 Å². The molecule has 0 unspecified atom stereocenters. The van der Waals surface area contributed by atoms with E-state index in [1.165, 1.54) is 11.3 Å². The topological polar surface area (TPSA) is 104 Å². The Balaban J connectivity index is 0.000000295. The summed E-state index contributed by atoms with van der Waals surface area (Å²) in [5, 5.41) is 24.6. The number of halogens is 3. The van der Waals surface area contributed by atoms with Crippen LogP contribution in [0.25, 0.3) is 0 Å². The van der Waals surface area contributed by atoms with Crippen LogP contribution in [-0.2, 0) is 9.59 Å². The lowest BCUT2D eigenvalue weighted by molar-refractivity contribution is -0.192. The van der Waals surface area contributed by atoms with Crippen LogP contribution in [0.2, 0.25) is 0 Å². The van der Waals surface area contributed by atoms with Crippen LogP contribution >= 0.6 is 11.3 Å². The summed E-state index contributed by atoms with van der Waals surface area (Å²) >= 11 is 1.53. The van der Waals surface area contributed by atoms with Crippen molar-refractivity contribution in [1.82, 2.24) is 10.2 Å². The Bertz CT molecular complexity index is 487. The molecule has 0 saturated carbocycles. The molecule has 0 amide bonds. The first kappa shape index (κ1) is 18.1. The second-order valence-corrected chi connectivity index (χ2v) is 5.36. The molecule has 2 N–H and O–H groups in total. The number of alkyl halides is 3. The minimum Gasteiger partial charge on any atom is -0.481 e. The quantitative estimate of drug-likeness (QED) is 0.865. The monoisotopic (exact) mass is 341 g/mol. The van der Waals surface area contributed by atoms with E-state index in [2.05, 4.69) is 15.1 Å². The third-order valence-electron chi connectivity index (χ3n) is 2.94. The van der Waals surface area contributed by atoms with E-state index in [1.54, 1.807) is 5.51 Å². The number of rotatable bonds is 3. The molecule has 0 bridgehead atoms. The number of nitrogens with zero attached hydrogens (tertiary/aromatic N) is 3. The zero-order valence-electron chi connectivity index (χ0n) is 11.3. The minimum absolute atomic E-state index is 0.296. The molecule has 7 nitrogen and oxygen atoms in total. The van der Waals surface area contributed by atoms with Crippen molar-refractivity contribution in [3.8, 4) is 0 Å². The summed E-state index contributed by atoms with van der Waals surface area (Å²) in [6, 6.07) is 0. The van der Waals surface area contributed by atoms with E-state index in [1.807, 2.05) is 0 Å². The summed E-state index contributed by atoms with van der Waals surface area (Å²) in [5.74, 6) is -3.12. The first-order chi connectivity index (χ1) is 10.2. The molecule has 124 valence electrons. The number of carbonyl (C=O) groups is 2. The van der Waals surface area contributed by atoms with Gasteiger partial charge in [0.25, 0.3) is 0 Å².